The quantitative estimate of drug-likeness (QED) is 0.428. The Morgan fingerprint density at radius 3 is 2.50 bits per heavy atom. The first-order chi connectivity index (χ1) is 12.7. The van der Waals surface area contributed by atoms with Crippen LogP contribution in [-0.4, -0.2) is 83.0 Å². The second kappa shape index (κ2) is 10.9. The van der Waals surface area contributed by atoms with Crippen molar-refractivity contribution < 1.29 is 14.2 Å². The largest absolute Gasteiger partial charge is 0.497 e. The van der Waals surface area contributed by atoms with Crippen LogP contribution in [0.3, 0.4) is 0 Å². The van der Waals surface area contributed by atoms with Gasteiger partial charge in [0.1, 0.15) is 11.5 Å². The molecule has 0 saturated carbocycles. The molecule has 2 rings (SSSR count). The number of rotatable bonds is 8. The summed E-state index contributed by atoms with van der Waals surface area (Å²) in [7, 11) is 5.10. The molecule has 0 bridgehead atoms. The average Bonchev–Trinajstić information content (AvgIpc) is 2.68. The van der Waals surface area contributed by atoms with Crippen molar-refractivity contribution >= 4 is 5.96 Å². The summed E-state index contributed by atoms with van der Waals surface area (Å²) in [6.07, 6.45) is 0. The van der Waals surface area contributed by atoms with Crippen LogP contribution in [0.5, 0.6) is 11.5 Å². The first kappa shape index (κ1) is 20.3. The summed E-state index contributed by atoms with van der Waals surface area (Å²) in [4.78, 5) is 9.39. The van der Waals surface area contributed by atoms with Crippen molar-refractivity contribution in [3.05, 3.63) is 23.8 Å². The molecule has 7 nitrogen and oxygen atoms in total. The fourth-order valence-electron chi connectivity index (χ4n) is 3.03. The normalized spacial score (nSPS) is 15.8. The minimum Gasteiger partial charge on any atom is -0.497 e. The number of piperazine rings is 1. The molecule has 1 fully saturated rings. The van der Waals surface area contributed by atoms with Crippen LogP contribution in [0.25, 0.3) is 0 Å². The van der Waals surface area contributed by atoms with Gasteiger partial charge in [0.15, 0.2) is 5.96 Å². The van der Waals surface area contributed by atoms with Crippen molar-refractivity contribution in [1.82, 2.24) is 15.1 Å². The molecule has 1 N–H and O–H groups in total. The lowest BCUT2D eigenvalue weighted by Gasteiger charge is -2.36. The summed E-state index contributed by atoms with van der Waals surface area (Å²) in [5, 5.41) is 3.37. The van der Waals surface area contributed by atoms with Crippen molar-refractivity contribution in [2.45, 2.75) is 13.5 Å². The lowest BCUT2D eigenvalue weighted by atomic mass is 10.1. The van der Waals surface area contributed by atoms with Crippen LogP contribution < -0.4 is 14.8 Å². The van der Waals surface area contributed by atoms with Crippen molar-refractivity contribution in [2.24, 2.45) is 4.99 Å². The van der Waals surface area contributed by atoms with E-state index in [0.717, 1.165) is 62.3 Å². The van der Waals surface area contributed by atoms with E-state index in [1.54, 1.807) is 21.3 Å². The second-order valence-electron chi connectivity index (χ2n) is 6.17. The zero-order valence-corrected chi connectivity index (χ0v) is 16.5. The van der Waals surface area contributed by atoms with Gasteiger partial charge in [-0.3, -0.25) is 9.89 Å². The molecular formula is C19H32N4O3. The van der Waals surface area contributed by atoms with Crippen molar-refractivity contribution in [3.8, 4) is 11.5 Å². The molecule has 1 aliphatic heterocycles. The number of benzene rings is 1. The molecule has 0 spiro atoms. The molecule has 0 radical (unpaired) electrons. The van der Waals surface area contributed by atoms with Gasteiger partial charge in [-0.25, -0.2) is 0 Å². The molecule has 1 aliphatic rings. The average molecular weight is 364 g/mol. The third-order valence-corrected chi connectivity index (χ3v) is 4.45. The third kappa shape index (κ3) is 5.78. The summed E-state index contributed by atoms with van der Waals surface area (Å²) in [5.41, 5.74) is 1.15. The summed E-state index contributed by atoms with van der Waals surface area (Å²) >= 11 is 0. The predicted octanol–water partition coefficient (Wildman–Crippen LogP) is 1.43. The van der Waals surface area contributed by atoms with Crippen molar-refractivity contribution in [2.75, 3.05) is 67.2 Å². The number of guanidine groups is 1. The summed E-state index contributed by atoms with van der Waals surface area (Å²) in [6, 6.07) is 5.96. The van der Waals surface area contributed by atoms with Gasteiger partial charge in [-0.1, -0.05) is 0 Å². The smallest absolute Gasteiger partial charge is 0.194 e. The van der Waals surface area contributed by atoms with E-state index >= 15 is 0 Å². The van der Waals surface area contributed by atoms with E-state index in [0.29, 0.717) is 13.2 Å². The minimum atomic E-state index is 0.643. The highest BCUT2D eigenvalue weighted by molar-refractivity contribution is 5.80. The lowest BCUT2D eigenvalue weighted by Crippen LogP contribution is -2.52. The van der Waals surface area contributed by atoms with E-state index in [1.807, 2.05) is 12.1 Å². The van der Waals surface area contributed by atoms with Gasteiger partial charge in [-0.05, 0) is 25.1 Å². The minimum absolute atomic E-state index is 0.643. The maximum absolute atomic E-state index is 5.50. The Morgan fingerprint density at radius 1 is 1.12 bits per heavy atom. The number of methoxy groups -OCH3 is 3. The van der Waals surface area contributed by atoms with E-state index in [4.69, 9.17) is 14.2 Å². The Labute approximate surface area is 156 Å². The standard InChI is InChI=1S/C19H32N4O3/c1-5-20-19(21-8-13-24-2)23-11-9-22(10-12-23)15-16-14-17(25-3)6-7-18(16)26-4/h6-7,14H,5,8-13,15H2,1-4H3,(H,20,21). The molecule has 1 aromatic carbocycles. The highest BCUT2D eigenvalue weighted by atomic mass is 16.5. The van der Waals surface area contributed by atoms with E-state index in [1.165, 1.54) is 0 Å². The van der Waals surface area contributed by atoms with E-state index in [2.05, 4.69) is 33.1 Å². The van der Waals surface area contributed by atoms with E-state index in [-0.39, 0.29) is 0 Å². The van der Waals surface area contributed by atoms with Gasteiger partial charge in [-0.2, -0.15) is 0 Å². The van der Waals surface area contributed by atoms with Gasteiger partial charge in [0.25, 0.3) is 0 Å². The fraction of sp³-hybridized carbons (Fsp3) is 0.632. The molecule has 0 atom stereocenters. The maximum atomic E-state index is 5.50. The van der Waals surface area contributed by atoms with Crippen LogP contribution >= 0.6 is 0 Å². The number of aliphatic imine (C=N–C) groups is 1. The van der Waals surface area contributed by atoms with E-state index < -0.39 is 0 Å². The number of hydrogen-bond acceptors (Lipinski definition) is 5. The number of ether oxygens (including phenoxy) is 3. The monoisotopic (exact) mass is 364 g/mol. The number of hydrogen-bond donors (Lipinski definition) is 1. The molecule has 0 aliphatic carbocycles. The molecule has 26 heavy (non-hydrogen) atoms. The first-order valence-corrected chi connectivity index (χ1v) is 9.17. The van der Waals surface area contributed by atoms with Crippen LogP contribution in [-0.2, 0) is 11.3 Å². The zero-order valence-electron chi connectivity index (χ0n) is 16.5. The first-order valence-electron chi connectivity index (χ1n) is 9.17. The lowest BCUT2D eigenvalue weighted by molar-refractivity contribution is 0.170. The molecule has 1 aromatic rings. The molecule has 1 heterocycles. The van der Waals surface area contributed by atoms with Gasteiger partial charge in [0.2, 0.25) is 0 Å². The molecular weight excluding hydrogens is 332 g/mol. The molecule has 146 valence electrons. The summed E-state index contributed by atoms with van der Waals surface area (Å²) < 4.78 is 15.9. The van der Waals surface area contributed by atoms with Gasteiger partial charge in [-0.15, -0.1) is 0 Å². The number of nitrogens with one attached hydrogen (secondary N) is 1. The Kier molecular flexibility index (Phi) is 8.50. The topological polar surface area (TPSA) is 58.6 Å². The zero-order chi connectivity index (χ0) is 18.8. The van der Waals surface area contributed by atoms with Crippen LogP contribution in [0, 0.1) is 0 Å². The highest BCUT2D eigenvalue weighted by Crippen LogP contribution is 2.25. The van der Waals surface area contributed by atoms with Gasteiger partial charge in [0.05, 0.1) is 27.4 Å². The summed E-state index contributed by atoms with van der Waals surface area (Å²) in [6.45, 7) is 9.00. The Hall–Kier alpha value is -1.99. The molecule has 0 amide bonds. The Balaban J connectivity index is 1.94. The fourth-order valence-corrected chi connectivity index (χ4v) is 3.03. The molecule has 1 saturated heterocycles. The van der Waals surface area contributed by atoms with Crippen molar-refractivity contribution in [3.63, 3.8) is 0 Å². The van der Waals surface area contributed by atoms with Gasteiger partial charge < -0.3 is 24.4 Å². The van der Waals surface area contributed by atoms with Gasteiger partial charge in [0, 0.05) is 51.9 Å². The summed E-state index contributed by atoms with van der Waals surface area (Å²) in [5.74, 6) is 2.74. The van der Waals surface area contributed by atoms with E-state index in [9.17, 15) is 0 Å². The maximum Gasteiger partial charge on any atom is 0.194 e. The van der Waals surface area contributed by atoms with Crippen LogP contribution in [0.15, 0.2) is 23.2 Å². The molecule has 0 unspecified atom stereocenters. The second-order valence-corrected chi connectivity index (χ2v) is 6.17. The van der Waals surface area contributed by atoms with Crippen LogP contribution in [0.2, 0.25) is 0 Å². The highest BCUT2D eigenvalue weighted by Gasteiger charge is 2.20. The van der Waals surface area contributed by atoms with Crippen LogP contribution in [0.4, 0.5) is 0 Å². The SMILES string of the molecule is CCNC(=NCCOC)N1CCN(Cc2cc(OC)ccc2OC)CC1. The van der Waals surface area contributed by atoms with Crippen molar-refractivity contribution in [1.29, 1.82) is 0 Å². The Bertz CT molecular complexity index is 572. The molecule has 7 heteroatoms. The number of nitrogens with zero attached hydrogens (tertiary/aromatic N) is 3. The molecule has 0 aromatic heterocycles. The Morgan fingerprint density at radius 2 is 1.88 bits per heavy atom. The third-order valence-electron chi connectivity index (χ3n) is 4.45. The van der Waals surface area contributed by atoms with Crippen LogP contribution in [0.1, 0.15) is 12.5 Å². The van der Waals surface area contributed by atoms with Gasteiger partial charge >= 0.3 is 0 Å². The predicted molar refractivity (Wildman–Crippen MR) is 104 cm³/mol.